The number of halogens is 1. The molecular weight excluding hydrogens is 449 g/mol. The molecule has 9 nitrogen and oxygen atoms in total. The van der Waals surface area contributed by atoms with Gasteiger partial charge in [0.05, 0.1) is 12.5 Å². The third kappa shape index (κ3) is 4.75. The van der Waals surface area contributed by atoms with Crippen LogP contribution in [-0.4, -0.2) is 40.9 Å². The van der Waals surface area contributed by atoms with Gasteiger partial charge in [0.1, 0.15) is 6.23 Å². The fourth-order valence-electron chi connectivity index (χ4n) is 4.72. The Labute approximate surface area is 185 Å². The van der Waals surface area contributed by atoms with Crippen LogP contribution in [0.4, 0.5) is 10.2 Å². The van der Waals surface area contributed by atoms with Gasteiger partial charge in [-0.05, 0) is 25.2 Å². The molecular formula is C19H28FN3O6S2. The Morgan fingerprint density at radius 1 is 1.42 bits per heavy atom. The Balaban J connectivity index is 2.09. The molecule has 174 valence electrons. The average Bonchev–Trinajstić information content (AvgIpc) is 3.10. The monoisotopic (exact) mass is 477 g/mol. The summed E-state index contributed by atoms with van der Waals surface area (Å²) in [6.07, 6.45) is 5.27. The molecule has 1 aliphatic carbocycles. The van der Waals surface area contributed by atoms with Crippen molar-refractivity contribution in [3.8, 4) is 0 Å². The molecule has 0 unspecified atom stereocenters. The quantitative estimate of drug-likeness (QED) is 0.614. The van der Waals surface area contributed by atoms with Crippen LogP contribution in [0.15, 0.2) is 11.0 Å². The maximum atomic E-state index is 14.0. The Morgan fingerprint density at radius 3 is 2.65 bits per heavy atom. The van der Waals surface area contributed by atoms with Gasteiger partial charge >= 0.3 is 21.8 Å². The second kappa shape index (κ2) is 8.70. The average molecular weight is 478 g/mol. The molecule has 12 heteroatoms. The van der Waals surface area contributed by atoms with E-state index in [0.29, 0.717) is 19.3 Å². The zero-order valence-electron chi connectivity index (χ0n) is 17.8. The van der Waals surface area contributed by atoms with Crippen LogP contribution in [0.2, 0.25) is 0 Å². The number of carbonyl (C=O) groups is 1. The van der Waals surface area contributed by atoms with Crippen molar-refractivity contribution < 1.29 is 26.5 Å². The molecule has 2 atom stereocenters. The number of hydrogen-bond donors (Lipinski definition) is 1. The lowest BCUT2D eigenvalue weighted by atomic mass is 9.65. The van der Waals surface area contributed by atoms with Gasteiger partial charge in [-0.1, -0.05) is 33.1 Å². The number of carbonyl (C=O) groups excluding carboxylic acids is 1. The van der Waals surface area contributed by atoms with Gasteiger partial charge < -0.3 is 14.7 Å². The predicted octanol–water partition coefficient (Wildman–Crippen LogP) is 2.42. The number of nitrogen functional groups attached to an aromatic ring is 1. The van der Waals surface area contributed by atoms with Gasteiger partial charge in [-0.25, -0.2) is 14.0 Å². The van der Waals surface area contributed by atoms with Gasteiger partial charge in [0.25, 0.3) is 0 Å². The molecule has 1 aliphatic heterocycles. The van der Waals surface area contributed by atoms with Gasteiger partial charge in [0, 0.05) is 11.2 Å². The molecule has 0 aromatic carbocycles. The highest BCUT2D eigenvalue weighted by molar-refractivity contribution is 8.01. The van der Waals surface area contributed by atoms with E-state index in [1.807, 2.05) is 13.8 Å². The Kier molecular flexibility index (Phi) is 6.73. The van der Waals surface area contributed by atoms with Crippen LogP contribution in [0.25, 0.3) is 0 Å². The minimum atomic E-state index is -4.10. The van der Waals surface area contributed by atoms with E-state index in [1.165, 1.54) is 0 Å². The predicted molar refractivity (Wildman–Crippen MR) is 114 cm³/mol. The molecule has 1 aromatic rings. The van der Waals surface area contributed by atoms with Crippen LogP contribution < -0.4 is 11.4 Å². The largest absolute Gasteiger partial charge is 0.381 e. The molecule has 1 saturated heterocycles. The SMILES string of the molecule is CC(C)CC1([C@@]2(C(=O)OS(C)(=O)=O)O[C@H](n3cc(F)c(N)nc3=O)CS2)CCCCC1. The number of nitrogens with two attached hydrogens (primary N) is 1. The molecule has 1 aromatic heterocycles. The first-order chi connectivity index (χ1) is 14.4. The van der Waals surface area contributed by atoms with Crippen molar-refractivity contribution in [1.82, 2.24) is 9.55 Å². The summed E-state index contributed by atoms with van der Waals surface area (Å²) in [6, 6.07) is 0. The number of thioether (sulfide) groups is 1. The summed E-state index contributed by atoms with van der Waals surface area (Å²) in [6.45, 7) is 4.04. The summed E-state index contributed by atoms with van der Waals surface area (Å²) in [7, 11) is -4.10. The molecule has 2 N–H and O–H groups in total. The lowest BCUT2D eigenvalue weighted by molar-refractivity contribution is -0.179. The molecule has 0 radical (unpaired) electrons. The third-order valence-corrected chi connectivity index (χ3v) is 7.79. The minimum absolute atomic E-state index is 0.115. The van der Waals surface area contributed by atoms with Crippen molar-refractivity contribution in [3.63, 3.8) is 0 Å². The molecule has 31 heavy (non-hydrogen) atoms. The smallest absolute Gasteiger partial charge is 0.365 e. The first-order valence-electron chi connectivity index (χ1n) is 10.2. The Hall–Kier alpha value is -1.66. The van der Waals surface area contributed by atoms with Gasteiger partial charge in [0.15, 0.2) is 11.6 Å². The third-order valence-electron chi connectivity index (χ3n) is 5.78. The maximum Gasteiger partial charge on any atom is 0.365 e. The molecule has 0 bridgehead atoms. The first kappa shape index (κ1) is 24.0. The van der Waals surface area contributed by atoms with E-state index in [1.54, 1.807) is 0 Å². The Bertz CT molecular complexity index is 1010. The van der Waals surface area contributed by atoms with Crippen molar-refractivity contribution in [2.75, 3.05) is 17.7 Å². The normalized spacial score (nSPS) is 26.2. The van der Waals surface area contributed by atoms with Crippen LogP contribution in [0, 0.1) is 17.2 Å². The zero-order chi connectivity index (χ0) is 23.0. The van der Waals surface area contributed by atoms with Gasteiger partial charge in [-0.2, -0.15) is 13.4 Å². The molecule has 0 spiro atoms. The number of aromatic nitrogens is 2. The summed E-state index contributed by atoms with van der Waals surface area (Å²) in [5.74, 6) is -2.12. The van der Waals surface area contributed by atoms with E-state index in [4.69, 9.17) is 14.7 Å². The second-order valence-corrected chi connectivity index (χ2v) is 11.4. The highest BCUT2D eigenvalue weighted by Crippen LogP contribution is 2.60. The van der Waals surface area contributed by atoms with Crippen molar-refractivity contribution in [2.45, 2.75) is 63.5 Å². The summed E-state index contributed by atoms with van der Waals surface area (Å²) in [5.41, 5.74) is 3.85. The van der Waals surface area contributed by atoms with Crippen LogP contribution >= 0.6 is 11.8 Å². The maximum absolute atomic E-state index is 14.0. The molecule has 1 saturated carbocycles. The van der Waals surface area contributed by atoms with Crippen LogP contribution in [0.3, 0.4) is 0 Å². The topological polar surface area (TPSA) is 131 Å². The van der Waals surface area contributed by atoms with Crippen LogP contribution in [-0.2, 0) is 23.8 Å². The van der Waals surface area contributed by atoms with Crippen molar-refractivity contribution in [1.29, 1.82) is 0 Å². The standard InChI is InChI=1S/C19H28FN3O6S2/c1-12(2)9-18(7-5-4-6-8-18)19(16(24)29-31(3,26)27)28-14(11-30-19)23-10-13(20)15(21)22-17(23)25/h10,12,14H,4-9,11H2,1-3H3,(H2,21,22,25)/t14-,19-/m0/s1. The van der Waals surface area contributed by atoms with E-state index >= 15 is 0 Å². The van der Waals surface area contributed by atoms with Gasteiger partial charge in [0.2, 0.25) is 4.93 Å². The number of rotatable bonds is 6. The lowest BCUT2D eigenvalue weighted by Crippen LogP contribution is -2.55. The number of nitrogens with zero attached hydrogens (tertiary/aromatic N) is 2. The summed E-state index contributed by atoms with van der Waals surface area (Å²) in [5, 5.41) is 0. The molecule has 2 heterocycles. The zero-order valence-corrected chi connectivity index (χ0v) is 19.4. The fraction of sp³-hybridized carbons (Fsp3) is 0.737. The summed E-state index contributed by atoms with van der Waals surface area (Å²) < 4.78 is 49.6. The number of hydrogen-bond acceptors (Lipinski definition) is 9. The Morgan fingerprint density at radius 2 is 2.06 bits per heavy atom. The van der Waals surface area contributed by atoms with Crippen molar-refractivity contribution in [3.05, 3.63) is 22.5 Å². The van der Waals surface area contributed by atoms with Crippen molar-refractivity contribution >= 4 is 33.7 Å². The molecule has 0 amide bonds. The van der Waals surface area contributed by atoms with E-state index in [2.05, 4.69) is 4.98 Å². The van der Waals surface area contributed by atoms with E-state index < -0.39 is 50.0 Å². The van der Waals surface area contributed by atoms with E-state index in [-0.39, 0.29) is 11.7 Å². The first-order valence-corrected chi connectivity index (χ1v) is 13.0. The number of ether oxygens (including phenoxy) is 1. The van der Waals surface area contributed by atoms with Crippen LogP contribution in [0.5, 0.6) is 0 Å². The van der Waals surface area contributed by atoms with Crippen molar-refractivity contribution in [2.24, 2.45) is 11.3 Å². The molecule has 3 rings (SSSR count). The van der Waals surface area contributed by atoms with E-state index in [0.717, 1.165) is 48.0 Å². The summed E-state index contributed by atoms with van der Waals surface area (Å²) >= 11 is 1.11. The van der Waals surface area contributed by atoms with Crippen LogP contribution in [0.1, 0.15) is 58.6 Å². The van der Waals surface area contributed by atoms with E-state index in [9.17, 15) is 22.4 Å². The molecule has 2 aliphatic rings. The van der Waals surface area contributed by atoms with Gasteiger partial charge in [-0.3, -0.25) is 4.57 Å². The minimum Gasteiger partial charge on any atom is -0.381 e. The fourth-order valence-corrected chi connectivity index (χ4v) is 6.70. The molecule has 2 fully saturated rings. The second-order valence-electron chi connectivity index (χ2n) is 8.68. The highest BCUT2D eigenvalue weighted by Gasteiger charge is 2.64. The lowest BCUT2D eigenvalue weighted by Gasteiger charge is -2.48. The number of anilines is 1. The highest BCUT2D eigenvalue weighted by atomic mass is 32.2. The summed E-state index contributed by atoms with van der Waals surface area (Å²) in [4.78, 5) is 27.4. The van der Waals surface area contributed by atoms with Gasteiger partial charge in [-0.15, -0.1) is 11.8 Å².